The highest BCUT2D eigenvalue weighted by atomic mass is 16.2. The average Bonchev–Trinajstić information content (AvgIpc) is 2.54. The van der Waals surface area contributed by atoms with Crippen LogP contribution in [0.1, 0.15) is 36.5 Å². The molecular formula is C17H25N3O2. The summed E-state index contributed by atoms with van der Waals surface area (Å²) in [5.41, 5.74) is 0.649. The van der Waals surface area contributed by atoms with Gasteiger partial charge in [0, 0.05) is 24.6 Å². The van der Waals surface area contributed by atoms with E-state index < -0.39 is 0 Å². The molecule has 0 bridgehead atoms. The Bertz CT molecular complexity index is 490. The van der Waals surface area contributed by atoms with Crippen molar-refractivity contribution in [1.29, 1.82) is 0 Å². The summed E-state index contributed by atoms with van der Waals surface area (Å²) in [6, 6.07) is 9.38. The summed E-state index contributed by atoms with van der Waals surface area (Å²) < 4.78 is 0. The number of carbonyl (C=O) groups is 2. The van der Waals surface area contributed by atoms with E-state index in [1.54, 1.807) is 12.1 Å². The Labute approximate surface area is 131 Å². The largest absolute Gasteiger partial charge is 0.353 e. The van der Waals surface area contributed by atoms with Gasteiger partial charge in [0.05, 0.1) is 0 Å². The Morgan fingerprint density at radius 1 is 1.27 bits per heavy atom. The molecule has 0 aromatic heterocycles. The summed E-state index contributed by atoms with van der Waals surface area (Å²) in [6.45, 7) is 4.58. The fraction of sp³-hybridized carbons (Fsp3) is 0.529. The first-order chi connectivity index (χ1) is 10.7. The van der Waals surface area contributed by atoms with Crippen LogP contribution in [0.3, 0.4) is 0 Å². The van der Waals surface area contributed by atoms with E-state index in [0.29, 0.717) is 30.9 Å². The molecule has 1 heterocycles. The molecule has 1 aromatic carbocycles. The third-order valence-electron chi connectivity index (χ3n) is 4.03. The molecule has 3 N–H and O–H groups in total. The van der Waals surface area contributed by atoms with Gasteiger partial charge in [-0.2, -0.15) is 0 Å². The second kappa shape index (κ2) is 8.54. The number of amides is 2. The summed E-state index contributed by atoms with van der Waals surface area (Å²) in [5.74, 6) is 0.455. The van der Waals surface area contributed by atoms with Gasteiger partial charge in [-0.15, -0.1) is 0 Å². The van der Waals surface area contributed by atoms with Crippen LogP contribution in [0.25, 0.3) is 0 Å². The van der Waals surface area contributed by atoms with Crippen LogP contribution >= 0.6 is 0 Å². The lowest BCUT2D eigenvalue weighted by Crippen LogP contribution is -2.48. The Hall–Kier alpha value is -1.88. The van der Waals surface area contributed by atoms with Crippen LogP contribution in [0, 0.1) is 5.92 Å². The van der Waals surface area contributed by atoms with Gasteiger partial charge in [0.2, 0.25) is 5.91 Å². The Kier molecular flexibility index (Phi) is 6.40. The molecule has 0 saturated carbocycles. The maximum absolute atomic E-state index is 11.9. The molecule has 0 aliphatic carbocycles. The van der Waals surface area contributed by atoms with Gasteiger partial charge in [0.15, 0.2) is 0 Å². The molecule has 1 aromatic rings. The first-order valence-electron chi connectivity index (χ1n) is 8.00. The highest BCUT2D eigenvalue weighted by molar-refractivity contribution is 5.94. The molecule has 2 rings (SSSR count). The zero-order valence-corrected chi connectivity index (χ0v) is 13.1. The minimum absolute atomic E-state index is 0.0766. The van der Waals surface area contributed by atoms with E-state index in [2.05, 4.69) is 22.9 Å². The molecule has 2 atom stereocenters. The van der Waals surface area contributed by atoms with Crippen molar-refractivity contribution >= 4 is 11.8 Å². The lowest BCUT2D eigenvalue weighted by atomic mass is 9.95. The van der Waals surface area contributed by atoms with Gasteiger partial charge >= 0.3 is 0 Å². The monoisotopic (exact) mass is 303 g/mol. The summed E-state index contributed by atoms with van der Waals surface area (Å²) in [5, 5.41) is 9.25. The molecule has 0 spiro atoms. The highest BCUT2D eigenvalue weighted by Gasteiger charge is 2.22. The number of rotatable bonds is 6. The summed E-state index contributed by atoms with van der Waals surface area (Å²) >= 11 is 0. The predicted molar refractivity (Wildman–Crippen MR) is 86.6 cm³/mol. The topological polar surface area (TPSA) is 70.2 Å². The van der Waals surface area contributed by atoms with E-state index in [4.69, 9.17) is 0 Å². The number of hydrogen-bond acceptors (Lipinski definition) is 3. The van der Waals surface area contributed by atoms with Crippen molar-refractivity contribution in [1.82, 2.24) is 16.0 Å². The van der Waals surface area contributed by atoms with Gasteiger partial charge in [-0.25, -0.2) is 0 Å². The average molecular weight is 303 g/mol. The van der Waals surface area contributed by atoms with Crippen LogP contribution in [0.4, 0.5) is 0 Å². The predicted octanol–water partition coefficient (Wildman–Crippen LogP) is 1.31. The quantitative estimate of drug-likeness (QED) is 0.694. The number of benzene rings is 1. The van der Waals surface area contributed by atoms with E-state index in [-0.39, 0.29) is 17.9 Å². The minimum atomic E-state index is -0.0898. The normalized spacial score (nSPS) is 21.1. The smallest absolute Gasteiger partial charge is 0.251 e. The SMILES string of the molecule is CC1CNCCC1NC(=O)CCCNC(=O)c1ccccc1. The van der Waals surface area contributed by atoms with Crippen molar-refractivity contribution in [3.05, 3.63) is 35.9 Å². The number of piperidine rings is 1. The van der Waals surface area contributed by atoms with Gasteiger partial charge < -0.3 is 16.0 Å². The van der Waals surface area contributed by atoms with E-state index in [1.807, 2.05) is 18.2 Å². The molecule has 22 heavy (non-hydrogen) atoms. The van der Waals surface area contributed by atoms with E-state index in [9.17, 15) is 9.59 Å². The third kappa shape index (κ3) is 5.15. The van der Waals surface area contributed by atoms with Crippen LogP contribution in [0.5, 0.6) is 0 Å². The lowest BCUT2D eigenvalue weighted by molar-refractivity contribution is -0.122. The van der Waals surface area contributed by atoms with E-state index in [1.165, 1.54) is 0 Å². The van der Waals surface area contributed by atoms with Crippen molar-refractivity contribution in [3.8, 4) is 0 Å². The van der Waals surface area contributed by atoms with Crippen LogP contribution in [0.15, 0.2) is 30.3 Å². The number of hydrogen-bond donors (Lipinski definition) is 3. The molecule has 5 nitrogen and oxygen atoms in total. The molecule has 0 radical (unpaired) electrons. The van der Waals surface area contributed by atoms with Crippen LogP contribution in [-0.4, -0.2) is 37.5 Å². The van der Waals surface area contributed by atoms with Crippen molar-refractivity contribution in [3.63, 3.8) is 0 Å². The van der Waals surface area contributed by atoms with Crippen molar-refractivity contribution in [2.45, 2.75) is 32.2 Å². The second-order valence-electron chi connectivity index (χ2n) is 5.87. The fourth-order valence-corrected chi connectivity index (χ4v) is 2.65. The first kappa shape index (κ1) is 16.5. The van der Waals surface area contributed by atoms with E-state index in [0.717, 1.165) is 19.5 Å². The number of nitrogens with one attached hydrogen (secondary N) is 3. The standard InChI is InChI=1S/C17H25N3O2/c1-13-12-18-11-9-15(13)20-16(21)8-5-10-19-17(22)14-6-3-2-4-7-14/h2-4,6-7,13,15,18H,5,8-12H2,1H3,(H,19,22)(H,20,21). The molecule has 120 valence electrons. The van der Waals surface area contributed by atoms with Gasteiger partial charge in [-0.05, 0) is 44.0 Å². The number of carbonyl (C=O) groups excluding carboxylic acids is 2. The van der Waals surface area contributed by atoms with Gasteiger partial charge in [-0.3, -0.25) is 9.59 Å². The van der Waals surface area contributed by atoms with Crippen molar-refractivity contribution in [2.24, 2.45) is 5.92 Å². The van der Waals surface area contributed by atoms with Crippen LogP contribution in [0.2, 0.25) is 0 Å². The molecule has 5 heteroatoms. The van der Waals surface area contributed by atoms with Crippen LogP contribution in [-0.2, 0) is 4.79 Å². The maximum Gasteiger partial charge on any atom is 0.251 e. The molecule has 2 unspecified atom stereocenters. The Morgan fingerprint density at radius 3 is 2.77 bits per heavy atom. The zero-order chi connectivity index (χ0) is 15.8. The van der Waals surface area contributed by atoms with Crippen LogP contribution < -0.4 is 16.0 Å². The fourth-order valence-electron chi connectivity index (χ4n) is 2.65. The summed E-state index contributed by atoms with van der Waals surface area (Å²) in [7, 11) is 0. The van der Waals surface area contributed by atoms with Gasteiger partial charge in [0.1, 0.15) is 0 Å². The lowest BCUT2D eigenvalue weighted by Gasteiger charge is -2.30. The molecule has 2 amide bonds. The van der Waals surface area contributed by atoms with E-state index >= 15 is 0 Å². The van der Waals surface area contributed by atoms with Crippen molar-refractivity contribution in [2.75, 3.05) is 19.6 Å². The molecule has 1 aliphatic rings. The minimum Gasteiger partial charge on any atom is -0.353 e. The maximum atomic E-state index is 11.9. The highest BCUT2D eigenvalue weighted by Crippen LogP contribution is 2.10. The second-order valence-corrected chi connectivity index (χ2v) is 5.87. The summed E-state index contributed by atoms with van der Waals surface area (Å²) in [4.78, 5) is 23.8. The Balaban J connectivity index is 1.62. The molecule has 1 saturated heterocycles. The van der Waals surface area contributed by atoms with Gasteiger partial charge in [0.25, 0.3) is 5.91 Å². The Morgan fingerprint density at radius 2 is 2.05 bits per heavy atom. The first-order valence-corrected chi connectivity index (χ1v) is 8.00. The summed E-state index contributed by atoms with van der Waals surface area (Å²) in [6.07, 6.45) is 2.09. The van der Waals surface area contributed by atoms with Gasteiger partial charge in [-0.1, -0.05) is 25.1 Å². The van der Waals surface area contributed by atoms with Crippen molar-refractivity contribution < 1.29 is 9.59 Å². The zero-order valence-electron chi connectivity index (χ0n) is 13.1. The third-order valence-corrected chi connectivity index (χ3v) is 4.03. The molecule has 1 aliphatic heterocycles. The molecular weight excluding hydrogens is 278 g/mol. The molecule has 1 fully saturated rings.